The Balaban J connectivity index is 3.65. The monoisotopic (exact) mass is 199 g/mol. The molecule has 0 aliphatic carbocycles. The molecule has 0 aliphatic heterocycles. The SMILES string of the molecule is C=C(C)CCC(CCOC)NCCC. The Labute approximate surface area is 88.7 Å². The van der Waals surface area contributed by atoms with Gasteiger partial charge in [0.25, 0.3) is 0 Å². The summed E-state index contributed by atoms with van der Waals surface area (Å²) >= 11 is 0. The van der Waals surface area contributed by atoms with E-state index in [9.17, 15) is 0 Å². The third-order valence-corrected chi connectivity index (χ3v) is 2.27. The van der Waals surface area contributed by atoms with Gasteiger partial charge in [0, 0.05) is 19.8 Å². The van der Waals surface area contributed by atoms with E-state index in [1.165, 1.54) is 18.4 Å². The highest BCUT2D eigenvalue weighted by Gasteiger charge is 2.06. The van der Waals surface area contributed by atoms with Crippen molar-refractivity contribution >= 4 is 0 Å². The van der Waals surface area contributed by atoms with Crippen LogP contribution in [0.4, 0.5) is 0 Å². The zero-order valence-electron chi connectivity index (χ0n) is 9.94. The van der Waals surface area contributed by atoms with Gasteiger partial charge in [-0.2, -0.15) is 0 Å². The maximum absolute atomic E-state index is 5.10. The van der Waals surface area contributed by atoms with Crippen molar-refractivity contribution in [3.63, 3.8) is 0 Å². The van der Waals surface area contributed by atoms with Crippen LogP contribution < -0.4 is 5.32 Å². The Hall–Kier alpha value is -0.340. The van der Waals surface area contributed by atoms with E-state index in [-0.39, 0.29) is 0 Å². The van der Waals surface area contributed by atoms with Crippen LogP contribution in [0.5, 0.6) is 0 Å². The topological polar surface area (TPSA) is 21.3 Å². The maximum atomic E-state index is 5.10. The molecule has 0 bridgehead atoms. The van der Waals surface area contributed by atoms with Crippen molar-refractivity contribution in [2.45, 2.75) is 45.6 Å². The van der Waals surface area contributed by atoms with Crippen LogP contribution in [-0.2, 0) is 4.74 Å². The Morgan fingerprint density at radius 2 is 2.14 bits per heavy atom. The molecule has 2 nitrogen and oxygen atoms in total. The van der Waals surface area contributed by atoms with Crippen molar-refractivity contribution in [3.8, 4) is 0 Å². The van der Waals surface area contributed by atoms with Crippen molar-refractivity contribution in [3.05, 3.63) is 12.2 Å². The summed E-state index contributed by atoms with van der Waals surface area (Å²) in [5, 5.41) is 3.54. The molecule has 0 aromatic heterocycles. The molecule has 2 heteroatoms. The fraction of sp³-hybridized carbons (Fsp3) is 0.833. The first-order chi connectivity index (χ1) is 6.70. The fourth-order valence-corrected chi connectivity index (χ4v) is 1.38. The van der Waals surface area contributed by atoms with Gasteiger partial charge < -0.3 is 10.1 Å². The molecule has 1 unspecified atom stereocenters. The van der Waals surface area contributed by atoms with Gasteiger partial charge >= 0.3 is 0 Å². The first kappa shape index (κ1) is 13.7. The molecule has 0 aromatic carbocycles. The number of ether oxygens (including phenoxy) is 1. The van der Waals surface area contributed by atoms with Crippen molar-refractivity contribution < 1.29 is 4.74 Å². The van der Waals surface area contributed by atoms with Gasteiger partial charge in [0.1, 0.15) is 0 Å². The molecule has 84 valence electrons. The zero-order valence-corrected chi connectivity index (χ0v) is 9.94. The number of rotatable bonds is 9. The number of hydrogen-bond donors (Lipinski definition) is 1. The lowest BCUT2D eigenvalue weighted by Gasteiger charge is -2.17. The Morgan fingerprint density at radius 3 is 2.64 bits per heavy atom. The Morgan fingerprint density at radius 1 is 1.43 bits per heavy atom. The third-order valence-electron chi connectivity index (χ3n) is 2.27. The van der Waals surface area contributed by atoms with Crippen LogP contribution in [-0.4, -0.2) is 26.3 Å². The molecular formula is C12H25NO. The summed E-state index contributed by atoms with van der Waals surface area (Å²) in [5.41, 5.74) is 1.27. The predicted molar refractivity (Wildman–Crippen MR) is 62.6 cm³/mol. The second-order valence-corrected chi connectivity index (χ2v) is 3.93. The molecule has 0 saturated heterocycles. The minimum Gasteiger partial charge on any atom is -0.385 e. The van der Waals surface area contributed by atoms with E-state index in [2.05, 4.69) is 25.7 Å². The maximum Gasteiger partial charge on any atom is 0.0477 e. The lowest BCUT2D eigenvalue weighted by Crippen LogP contribution is -2.30. The summed E-state index contributed by atoms with van der Waals surface area (Å²) in [5.74, 6) is 0. The van der Waals surface area contributed by atoms with Gasteiger partial charge in [-0.1, -0.05) is 12.5 Å². The smallest absolute Gasteiger partial charge is 0.0477 e. The molecule has 0 amide bonds. The highest BCUT2D eigenvalue weighted by atomic mass is 16.5. The molecular weight excluding hydrogens is 174 g/mol. The molecule has 0 rings (SSSR count). The van der Waals surface area contributed by atoms with E-state index in [0.29, 0.717) is 6.04 Å². The van der Waals surface area contributed by atoms with Gasteiger partial charge in [0.2, 0.25) is 0 Å². The highest BCUT2D eigenvalue weighted by molar-refractivity contribution is 4.89. The molecule has 0 radical (unpaired) electrons. The van der Waals surface area contributed by atoms with Gasteiger partial charge in [-0.3, -0.25) is 0 Å². The summed E-state index contributed by atoms with van der Waals surface area (Å²) in [6, 6.07) is 0.589. The summed E-state index contributed by atoms with van der Waals surface area (Å²) in [7, 11) is 1.76. The van der Waals surface area contributed by atoms with Gasteiger partial charge in [-0.15, -0.1) is 6.58 Å². The molecule has 1 atom stereocenters. The van der Waals surface area contributed by atoms with Gasteiger partial charge in [0.15, 0.2) is 0 Å². The average molecular weight is 199 g/mol. The van der Waals surface area contributed by atoms with Gasteiger partial charge in [0.05, 0.1) is 0 Å². The second kappa shape index (κ2) is 9.22. The highest BCUT2D eigenvalue weighted by Crippen LogP contribution is 2.07. The molecule has 14 heavy (non-hydrogen) atoms. The van der Waals surface area contributed by atoms with E-state index in [1.54, 1.807) is 7.11 Å². The normalized spacial score (nSPS) is 12.8. The molecule has 0 heterocycles. The first-order valence-corrected chi connectivity index (χ1v) is 5.57. The standard InChI is InChI=1S/C12H25NO/c1-5-9-13-12(8-10-14-4)7-6-11(2)3/h12-13H,2,5-10H2,1,3-4H3. The van der Waals surface area contributed by atoms with Crippen LogP contribution in [0, 0.1) is 0 Å². The van der Waals surface area contributed by atoms with Gasteiger partial charge in [-0.05, 0) is 39.2 Å². The van der Waals surface area contributed by atoms with Crippen LogP contribution in [0.25, 0.3) is 0 Å². The molecule has 0 saturated carbocycles. The predicted octanol–water partition coefficient (Wildman–Crippen LogP) is 2.75. The van der Waals surface area contributed by atoms with Crippen LogP contribution in [0.1, 0.15) is 39.5 Å². The fourth-order valence-electron chi connectivity index (χ4n) is 1.38. The average Bonchev–Trinajstić information content (AvgIpc) is 2.16. The summed E-state index contributed by atoms with van der Waals surface area (Å²) in [6.07, 6.45) is 4.59. The molecule has 0 aliphatic rings. The van der Waals surface area contributed by atoms with Gasteiger partial charge in [-0.25, -0.2) is 0 Å². The van der Waals surface area contributed by atoms with Crippen LogP contribution in [0.15, 0.2) is 12.2 Å². The molecule has 1 N–H and O–H groups in total. The van der Waals surface area contributed by atoms with E-state index in [0.717, 1.165) is 26.0 Å². The number of allylic oxidation sites excluding steroid dienone is 1. The summed E-state index contributed by atoms with van der Waals surface area (Å²) in [4.78, 5) is 0. The quantitative estimate of drug-likeness (QED) is 0.577. The van der Waals surface area contributed by atoms with Crippen molar-refractivity contribution in [1.82, 2.24) is 5.32 Å². The minimum atomic E-state index is 0.589. The Bertz CT molecular complexity index is 137. The summed E-state index contributed by atoms with van der Waals surface area (Å²) < 4.78 is 5.10. The number of methoxy groups -OCH3 is 1. The lowest BCUT2D eigenvalue weighted by atomic mass is 10.1. The summed E-state index contributed by atoms with van der Waals surface area (Å²) in [6.45, 7) is 10.2. The number of hydrogen-bond acceptors (Lipinski definition) is 2. The number of nitrogens with one attached hydrogen (secondary N) is 1. The molecule has 0 spiro atoms. The van der Waals surface area contributed by atoms with E-state index < -0.39 is 0 Å². The van der Waals surface area contributed by atoms with Crippen molar-refractivity contribution in [2.75, 3.05) is 20.3 Å². The van der Waals surface area contributed by atoms with Crippen molar-refractivity contribution in [1.29, 1.82) is 0 Å². The van der Waals surface area contributed by atoms with Crippen molar-refractivity contribution in [2.24, 2.45) is 0 Å². The Kier molecular flexibility index (Phi) is 9.00. The van der Waals surface area contributed by atoms with Crippen LogP contribution in [0.3, 0.4) is 0 Å². The second-order valence-electron chi connectivity index (χ2n) is 3.93. The third kappa shape index (κ3) is 8.27. The van der Waals surface area contributed by atoms with E-state index in [1.807, 2.05) is 0 Å². The van der Waals surface area contributed by atoms with E-state index >= 15 is 0 Å². The zero-order chi connectivity index (χ0) is 10.8. The minimum absolute atomic E-state index is 0.589. The first-order valence-electron chi connectivity index (χ1n) is 5.57. The molecule has 0 aromatic rings. The van der Waals surface area contributed by atoms with Crippen LogP contribution >= 0.6 is 0 Å². The lowest BCUT2D eigenvalue weighted by molar-refractivity contribution is 0.181. The van der Waals surface area contributed by atoms with Crippen LogP contribution in [0.2, 0.25) is 0 Å². The van der Waals surface area contributed by atoms with E-state index in [4.69, 9.17) is 4.74 Å². The largest absolute Gasteiger partial charge is 0.385 e. The molecule has 0 fully saturated rings.